The monoisotopic (exact) mass is 325 g/mol. The normalized spacial score (nSPS) is 12.6. The average Bonchev–Trinajstić information content (AvgIpc) is 2.81. The summed E-state index contributed by atoms with van der Waals surface area (Å²) in [5.41, 5.74) is 2.28. The number of rotatable bonds is 6. The van der Waals surface area contributed by atoms with Crippen molar-refractivity contribution in [2.45, 2.75) is 12.5 Å². The highest BCUT2D eigenvalue weighted by molar-refractivity contribution is 9.10. The summed E-state index contributed by atoms with van der Waals surface area (Å²) in [6, 6.07) is 9.74. The van der Waals surface area contributed by atoms with Gasteiger partial charge < -0.3 is 10.4 Å². The van der Waals surface area contributed by atoms with Crippen molar-refractivity contribution in [3.8, 4) is 0 Å². The number of nitrogens with one attached hydrogen (secondary N) is 1. The minimum absolute atomic E-state index is 0.433. The van der Waals surface area contributed by atoms with Gasteiger partial charge in [-0.3, -0.25) is 0 Å². The van der Waals surface area contributed by atoms with Crippen molar-refractivity contribution >= 4 is 27.3 Å². The Bertz CT molecular complexity index is 472. The lowest BCUT2D eigenvalue weighted by atomic mass is 10.1. The molecule has 1 atom stereocenters. The van der Waals surface area contributed by atoms with Gasteiger partial charge in [-0.2, -0.15) is 11.3 Å². The third-order valence-electron chi connectivity index (χ3n) is 2.78. The maximum absolute atomic E-state index is 9.96. The van der Waals surface area contributed by atoms with Crippen LogP contribution in [0.15, 0.2) is 45.6 Å². The second-order valence-corrected chi connectivity index (χ2v) is 5.72. The lowest BCUT2D eigenvalue weighted by Crippen LogP contribution is -2.23. The lowest BCUT2D eigenvalue weighted by Gasteiger charge is -2.11. The van der Waals surface area contributed by atoms with Crippen LogP contribution in [0.3, 0.4) is 0 Å². The minimum atomic E-state index is -0.433. The van der Waals surface area contributed by atoms with Crippen LogP contribution in [0.2, 0.25) is 0 Å². The van der Waals surface area contributed by atoms with Crippen LogP contribution in [0.25, 0.3) is 0 Å². The third-order valence-corrected chi connectivity index (χ3v) is 4.62. The Morgan fingerprint density at radius 3 is 2.67 bits per heavy atom. The summed E-state index contributed by atoms with van der Waals surface area (Å²) in [5.74, 6) is 0. The van der Waals surface area contributed by atoms with Gasteiger partial charge in [-0.05, 0) is 45.4 Å². The molecule has 0 bridgehead atoms. The van der Waals surface area contributed by atoms with Gasteiger partial charge in [0.05, 0.1) is 6.10 Å². The predicted octanol–water partition coefficient (Wildman–Crippen LogP) is 3.38. The molecule has 0 aliphatic heterocycles. The molecule has 1 aromatic heterocycles. The van der Waals surface area contributed by atoms with Gasteiger partial charge in [0.1, 0.15) is 0 Å². The molecule has 2 rings (SSSR count). The maximum Gasteiger partial charge on any atom is 0.0914 e. The van der Waals surface area contributed by atoms with Crippen molar-refractivity contribution in [3.05, 3.63) is 56.7 Å². The standard InChI is InChI=1S/C14H16BrNOS/c15-13-10-18-9-12(13)6-7-16-8-14(17)11-4-2-1-3-5-11/h1-5,9-10,14,16-17H,6-8H2. The molecular weight excluding hydrogens is 310 g/mol. The summed E-state index contributed by atoms with van der Waals surface area (Å²) >= 11 is 5.22. The van der Waals surface area contributed by atoms with E-state index < -0.39 is 6.10 Å². The molecule has 4 heteroatoms. The van der Waals surface area contributed by atoms with Crippen LogP contribution < -0.4 is 5.32 Å². The summed E-state index contributed by atoms with van der Waals surface area (Å²) in [6.45, 7) is 1.46. The minimum Gasteiger partial charge on any atom is -0.387 e. The molecule has 18 heavy (non-hydrogen) atoms. The molecule has 0 saturated carbocycles. The van der Waals surface area contributed by atoms with Gasteiger partial charge in [0.2, 0.25) is 0 Å². The van der Waals surface area contributed by atoms with E-state index in [9.17, 15) is 5.11 Å². The Morgan fingerprint density at radius 1 is 1.22 bits per heavy atom. The smallest absolute Gasteiger partial charge is 0.0914 e. The molecule has 2 nitrogen and oxygen atoms in total. The van der Waals surface area contributed by atoms with E-state index in [0.717, 1.165) is 18.5 Å². The van der Waals surface area contributed by atoms with E-state index in [1.807, 2.05) is 30.3 Å². The molecule has 0 spiro atoms. The molecule has 0 aliphatic rings. The Kier molecular flexibility index (Phi) is 5.38. The molecule has 1 aromatic carbocycles. The van der Waals surface area contributed by atoms with Crippen LogP contribution in [0.5, 0.6) is 0 Å². The first kappa shape index (κ1) is 13.7. The maximum atomic E-state index is 9.96. The fourth-order valence-corrected chi connectivity index (χ4v) is 3.28. The van der Waals surface area contributed by atoms with Crippen molar-refractivity contribution in [2.75, 3.05) is 13.1 Å². The van der Waals surface area contributed by atoms with E-state index in [2.05, 4.69) is 32.0 Å². The highest BCUT2D eigenvalue weighted by atomic mass is 79.9. The van der Waals surface area contributed by atoms with E-state index in [-0.39, 0.29) is 0 Å². The molecule has 1 unspecified atom stereocenters. The second-order valence-electron chi connectivity index (χ2n) is 4.13. The van der Waals surface area contributed by atoms with E-state index in [1.165, 1.54) is 10.0 Å². The molecular formula is C14H16BrNOS. The van der Waals surface area contributed by atoms with Gasteiger partial charge in [0.25, 0.3) is 0 Å². The molecule has 96 valence electrons. The van der Waals surface area contributed by atoms with E-state index in [4.69, 9.17) is 0 Å². The largest absolute Gasteiger partial charge is 0.387 e. The molecule has 1 heterocycles. The fourth-order valence-electron chi connectivity index (χ4n) is 1.74. The SMILES string of the molecule is OC(CNCCc1cscc1Br)c1ccccc1. The number of aliphatic hydroxyl groups is 1. The van der Waals surface area contributed by atoms with Crippen LogP contribution in [0.1, 0.15) is 17.2 Å². The first-order chi connectivity index (χ1) is 8.77. The molecule has 0 fully saturated rings. The predicted molar refractivity (Wildman–Crippen MR) is 80.0 cm³/mol. The van der Waals surface area contributed by atoms with Crippen molar-refractivity contribution in [2.24, 2.45) is 0 Å². The Hall–Kier alpha value is -0.680. The number of aliphatic hydroxyl groups excluding tert-OH is 1. The van der Waals surface area contributed by atoms with Gasteiger partial charge in [0, 0.05) is 16.4 Å². The quantitative estimate of drug-likeness (QED) is 0.798. The summed E-state index contributed by atoms with van der Waals surface area (Å²) in [7, 11) is 0. The van der Waals surface area contributed by atoms with Crippen LogP contribution in [-0.4, -0.2) is 18.2 Å². The number of hydrogen-bond acceptors (Lipinski definition) is 3. The van der Waals surface area contributed by atoms with Crippen molar-refractivity contribution in [3.63, 3.8) is 0 Å². The van der Waals surface area contributed by atoms with Crippen LogP contribution in [-0.2, 0) is 6.42 Å². The average molecular weight is 326 g/mol. The summed E-state index contributed by atoms with van der Waals surface area (Å²) in [4.78, 5) is 0. The van der Waals surface area contributed by atoms with E-state index >= 15 is 0 Å². The first-order valence-electron chi connectivity index (χ1n) is 5.91. The molecule has 0 saturated heterocycles. The van der Waals surface area contributed by atoms with Gasteiger partial charge in [-0.1, -0.05) is 30.3 Å². The zero-order valence-electron chi connectivity index (χ0n) is 9.97. The summed E-state index contributed by atoms with van der Waals surface area (Å²) in [6.07, 6.45) is 0.545. The van der Waals surface area contributed by atoms with Gasteiger partial charge >= 0.3 is 0 Å². The highest BCUT2D eigenvalue weighted by Crippen LogP contribution is 2.21. The molecule has 2 aromatic rings. The van der Waals surface area contributed by atoms with Crippen LogP contribution in [0.4, 0.5) is 0 Å². The van der Waals surface area contributed by atoms with Gasteiger partial charge in [-0.15, -0.1) is 0 Å². The Balaban J connectivity index is 1.71. The highest BCUT2D eigenvalue weighted by Gasteiger charge is 2.06. The summed E-state index contributed by atoms with van der Waals surface area (Å²) in [5, 5.41) is 17.5. The fraction of sp³-hybridized carbons (Fsp3) is 0.286. The van der Waals surface area contributed by atoms with Crippen LogP contribution in [0, 0.1) is 0 Å². The van der Waals surface area contributed by atoms with E-state index in [0.29, 0.717) is 6.54 Å². The molecule has 0 aliphatic carbocycles. The van der Waals surface area contributed by atoms with Crippen LogP contribution >= 0.6 is 27.3 Å². The van der Waals surface area contributed by atoms with Gasteiger partial charge in [0.15, 0.2) is 0 Å². The number of hydrogen-bond donors (Lipinski definition) is 2. The van der Waals surface area contributed by atoms with Crippen molar-refractivity contribution in [1.82, 2.24) is 5.32 Å². The number of benzene rings is 1. The zero-order valence-corrected chi connectivity index (χ0v) is 12.4. The molecule has 0 radical (unpaired) electrons. The number of thiophene rings is 1. The van der Waals surface area contributed by atoms with E-state index in [1.54, 1.807) is 11.3 Å². The summed E-state index contributed by atoms with van der Waals surface area (Å²) < 4.78 is 1.18. The molecule has 0 amide bonds. The van der Waals surface area contributed by atoms with Gasteiger partial charge in [-0.25, -0.2) is 0 Å². The Morgan fingerprint density at radius 2 is 2.00 bits per heavy atom. The third kappa shape index (κ3) is 3.92. The molecule has 2 N–H and O–H groups in total. The topological polar surface area (TPSA) is 32.3 Å². The second kappa shape index (κ2) is 7.04. The van der Waals surface area contributed by atoms with Crippen molar-refractivity contribution < 1.29 is 5.11 Å². The first-order valence-corrected chi connectivity index (χ1v) is 7.65. The van der Waals surface area contributed by atoms with Crippen molar-refractivity contribution in [1.29, 1.82) is 0 Å². The zero-order chi connectivity index (χ0) is 12.8. The lowest BCUT2D eigenvalue weighted by molar-refractivity contribution is 0.175. The Labute approximate surface area is 120 Å². The number of halogens is 1.